The van der Waals surface area contributed by atoms with Gasteiger partial charge in [0.15, 0.2) is 0 Å². The minimum absolute atomic E-state index is 0.555. The average molecular weight is 226 g/mol. The van der Waals surface area contributed by atoms with Crippen molar-refractivity contribution in [1.29, 1.82) is 0 Å². The molecule has 1 heterocycles. The van der Waals surface area contributed by atoms with Crippen LogP contribution < -0.4 is 5.73 Å². The third kappa shape index (κ3) is 3.75. The summed E-state index contributed by atoms with van der Waals surface area (Å²) >= 11 is 0. The van der Waals surface area contributed by atoms with Gasteiger partial charge >= 0.3 is 0 Å². The Kier molecular flexibility index (Phi) is 5.14. The molecule has 0 bridgehead atoms. The largest absolute Gasteiger partial charge is 0.354 e. The number of aliphatic imine (C=N–C) groups is 1. The monoisotopic (exact) mass is 226 g/mol. The van der Waals surface area contributed by atoms with Crippen molar-refractivity contribution in [3.63, 3.8) is 0 Å². The van der Waals surface area contributed by atoms with Crippen LogP contribution in [0.25, 0.3) is 0 Å². The maximum Gasteiger partial charge on any atom is 0.207 e. The van der Waals surface area contributed by atoms with E-state index in [2.05, 4.69) is 23.1 Å². The summed E-state index contributed by atoms with van der Waals surface area (Å²) in [6.07, 6.45) is 1.56. The molecule has 0 aromatic rings. The van der Waals surface area contributed by atoms with E-state index in [1.165, 1.54) is 0 Å². The van der Waals surface area contributed by atoms with E-state index < -0.39 is 5.95 Å². The average Bonchev–Trinajstić information content (AvgIpc) is 2.27. The first kappa shape index (κ1) is 12.9. The summed E-state index contributed by atoms with van der Waals surface area (Å²) in [4.78, 5) is 7.99. The minimum atomic E-state index is -0.681. The second-order valence-corrected chi connectivity index (χ2v) is 3.67. The maximum atomic E-state index is 12.6. The molecule has 0 unspecified atom stereocenters. The molecule has 5 heteroatoms. The SMILES string of the molecule is C=C/C(=N\C(=C)F)N1CCN(CCN)CC1. The van der Waals surface area contributed by atoms with E-state index in [0.717, 1.165) is 32.7 Å². The zero-order valence-electron chi connectivity index (χ0n) is 9.53. The van der Waals surface area contributed by atoms with Crippen LogP contribution in [0.3, 0.4) is 0 Å². The van der Waals surface area contributed by atoms with Gasteiger partial charge in [0.2, 0.25) is 5.95 Å². The normalized spacial score (nSPS) is 18.6. The van der Waals surface area contributed by atoms with E-state index in [1.54, 1.807) is 6.08 Å². The topological polar surface area (TPSA) is 44.9 Å². The summed E-state index contributed by atoms with van der Waals surface area (Å²) in [5.41, 5.74) is 5.49. The van der Waals surface area contributed by atoms with Gasteiger partial charge in [0.25, 0.3) is 0 Å². The summed E-state index contributed by atoms with van der Waals surface area (Å²) in [6.45, 7) is 11.8. The molecule has 90 valence electrons. The van der Waals surface area contributed by atoms with Crippen molar-refractivity contribution in [1.82, 2.24) is 9.80 Å². The highest BCUT2D eigenvalue weighted by Gasteiger charge is 2.17. The number of halogens is 1. The number of nitrogens with two attached hydrogens (primary N) is 1. The molecule has 4 nitrogen and oxygen atoms in total. The van der Waals surface area contributed by atoms with Crippen molar-refractivity contribution in [2.45, 2.75) is 0 Å². The fraction of sp³-hybridized carbons (Fsp3) is 0.545. The molecule has 16 heavy (non-hydrogen) atoms. The van der Waals surface area contributed by atoms with Crippen LogP contribution in [0, 0.1) is 0 Å². The summed E-state index contributed by atoms with van der Waals surface area (Å²) in [7, 11) is 0. The number of rotatable bonds is 4. The quantitative estimate of drug-likeness (QED) is 0.433. The van der Waals surface area contributed by atoms with E-state index >= 15 is 0 Å². The molecule has 0 aliphatic carbocycles. The van der Waals surface area contributed by atoms with Gasteiger partial charge in [-0.15, -0.1) is 0 Å². The molecule has 1 fully saturated rings. The Morgan fingerprint density at radius 2 is 2.00 bits per heavy atom. The molecule has 2 N–H and O–H groups in total. The van der Waals surface area contributed by atoms with Gasteiger partial charge < -0.3 is 10.6 Å². The van der Waals surface area contributed by atoms with Gasteiger partial charge in [-0.25, -0.2) is 4.99 Å². The second kappa shape index (κ2) is 6.40. The van der Waals surface area contributed by atoms with Gasteiger partial charge in [0.1, 0.15) is 5.84 Å². The number of amidine groups is 1. The van der Waals surface area contributed by atoms with Crippen LogP contribution in [0.1, 0.15) is 0 Å². The maximum absolute atomic E-state index is 12.6. The predicted molar refractivity (Wildman–Crippen MR) is 64.9 cm³/mol. The summed E-state index contributed by atoms with van der Waals surface area (Å²) in [6, 6.07) is 0. The molecule has 1 rings (SSSR count). The second-order valence-electron chi connectivity index (χ2n) is 3.67. The molecule has 0 aromatic heterocycles. The Labute approximate surface area is 95.9 Å². The van der Waals surface area contributed by atoms with Crippen LogP contribution in [0.5, 0.6) is 0 Å². The van der Waals surface area contributed by atoms with Crippen LogP contribution in [-0.4, -0.2) is 54.9 Å². The van der Waals surface area contributed by atoms with Crippen molar-refractivity contribution in [3.8, 4) is 0 Å². The predicted octanol–water partition coefficient (Wildman–Crippen LogP) is 0.588. The fourth-order valence-electron chi connectivity index (χ4n) is 1.75. The third-order valence-electron chi connectivity index (χ3n) is 2.56. The lowest BCUT2D eigenvalue weighted by molar-refractivity contribution is 0.187. The molecule has 0 aromatic carbocycles. The zero-order chi connectivity index (χ0) is 12.0. The minimum Gasteiger partial charge on any atom is -0.354 e. The molecule has 1 saturated heterocycles. The Hall–Kier alpha value is -1.20. The van der Waals surface area contributed by atoms with Crippen LogP contribution in [0.2, 0.25) is 0 Å². The molecule has 0 saturated carbocycles. The standard InChI is InChI=1S/C11H19FN4/c1-3-11(14-10(2)12)16-8-6-15(5-4-13)7-9-16/h3H,1-2,4-9,13H2/b14-11+. The molecule has 0 amide bonds. The number of piperazine rings is 1. The van der Waals surface area contributed by atoms with Gasteiger partial charge in [-0.2, -0.15) is 4.39 Å². The fourth-order valence-corrected chi connectivity index (χ4v) is 1.75. The molecule has 0 atom stereocenters. The lowest BCUT2D eigenvalue weighted by Crippen LogP contribution is -2.49. The number of nitrogens with zero attached hydrogens (tertiary/aromatic N) is 3. The molecule has 1 aliphatic heterocycles. The molecular formula is C11H19FN4. The van der Waals surface area contributed by atoms with E-state index in [9.17, 15) is 4.39 Å². The molecule has 0 radical (unpaired) electrons. The van der Waals surface area contributed by atoms with Crippen LogP contribution in [0.15, 0.2) is 30.2 Å². The van der Waals surface area contributed by atoms with Gasteiger partial charge in [-0.05, 0) is 12.7 Å². The first-order valence-electron chi connectivity index (χ1n) is 5.40. The van der Waals surface area contributed by atoms with Crippen molar-refractivity contribution in [3.05, 3.63) is 25.2 Å². The van der Waals surface area contributed by atoms with Crippen LogP contribution >= 0.6 is 0 Å². The lowest BCUT2D eigenvalue weighted by Gasteiger charge is -2.35. The van der Waals surface area contributed by atoms with E-state index in [0.29, 0.717) is 12.4 Å². The van der Waals surface area contributed by atoms with Gasteiger partial charge in [-0.3, -0.25) is 4.90 Å². The summed E-state index contributed by atoms with van der Waals surface area (Å²) < 4.78 is 12.6. The summed E-state index contributed by atoms with van der Waals surface area (Å²) in [5.74, 6) is -0.126. The Morgan fingerprint density at radius 1 is 1.38 bits per heavy atom. The number of hydrogen-bond donors (Lipinski definition) is 1. The van der Waals surface area contributed by atoms with Crippen molar-refractivity contribution in [2.75, 3.05) is 39.3 Å². The Bertz CT molecular complexity index is 280. The highest BCUT2D eigenvalue weighted by Crippen LogP contribution is 2.05. The van der Waals surface area contributed by atoms with E-state index in [1.807, 2.05) is 4.90 Å². The Morgan fingerprint density at radius 3 is 2.44 bits per heavy atom. The highest BCUT2D eigenvalue weighted by atomic mass is 19.1. The van der Waals surface area contributed by atoms with Crippen molar-refractivity contribution in [2.24, 2.45) is 10.7 Å². The smallest absolute Gasteiger partial charge is 0.207 e. The highest BCUT2D eigenvalue weighted by molar-refractivity contribution is 5.93. The van der Waals surface area contributed by atoms with E-state index in [4.69, 9.17) is 5.73 Å². The van der Waals surface area contributed by atoms with Crippen molar-refractivity contribution < 1.29 is 4.39 Å². The van der Waals surface area contributed by atoms with Crippen molar-refractivity contribution >= 4 is 5.84 Å². The first-order valence-corrected chi connectivity index (χ1v) is 5.40. The zero-order valence-corrected chi connectivity index (χ0v) is 9.53. The third-order valence-corrected chi connectivity index (χ3v) is 2.56. The van der Waals surface area contributed by atoms with Crippen LogP contribution in [-0.2, 0) is 0 Å². The number of hydrogen-bond acceptors (Lipinski definition) is 3. The lowest BCUT2D eigenvalue weighted by atomic mass is 10.3. The van der Waals surface area contributed by atoms with Crippen LogP contribution in [0.4, 0.5) is 4.39 Å². The first-order chi connectivity index (χ1) is 7.67. The van der Waals surface area contributed by atoms with Gasteiger partial charge in [0, 0.05) is 39.3 Å². The molecule has 0 spiro atoms. The van der Waals surface area contributed by atoms with Gasteiger partial charge in [0.05, 0.1) is 0 Å². The van der Waals surface area contributed by atoms with Gasteiger partial charge in [-0.1, -0.05) is 6.58 Å². The summed E-state index contributed by atoms with van der Waals surface area (Å²) in [5, 5.41) is 0. The van der Waals surface area contributed by atoms with E-state index in [-0.39, 0.29) is 0 Å². The molecule has 1 aliphatic rings. The Balaban J connectivity index is 2.51. The molecular weight excluding hydrogens is 207 g/mol.